The Bertz CT molecular complexity index is 646. The summed E-state index contributed by atoms with van der Waals surface area (Å²) in [5.41, 5.74) is 1.71. The van der Waals surface area contributed by atoms with Crippen LogP contribution in [0.15, 0.2) is 54.6 Å². The third kappa shape index (κ3) is 4.99. The van der Waals surface area contributed by atoms with Gasteiger partial charge in [-0.25, -0.2) is 4.79 Å². The fourth-order valence-corrected chi connectivity index (χ4v) is 2.53. The van der Waals surface area contributed by atoms with Gasteiger partial charge in [-0.2, -0.15) is 0 Å². The Hall–Kier alpha value is -2.53. The summed E-state index contributed by atoms with van der Waals surface area (Å²) < 4.78 is 0. The Kier molecular flexibility index (Phi) is 6.63. The molecule has 0 aliphatic heterocycles. The quantitative estimate of drug-likeness (QED) is 0.731. The van der Waals surface area contributed by atoms with Crippen LogP contribution in [0.25, 0.3) is 0 Å². The number of rotatable bonds is 7. The first-order valence-corrected chi connectivity index (χ1v) is 8.06. The molecule has 0 aliphatic rings. The summed E-state index contributed by atoms with van der Waals surface area (Å²) in [4.78, 5) is 14.0. The summed E-state index contributed by atoms with van der Waals surface area (Å²) in [7, 11) is 1.69. The lowest BCUT2D eigenvalue weighted by molar-refractivity contribution is 0.199. The van der Waals surface area contributed by atoms with Gasteiger partial charge in [0.1, 0.15) is 5.75 Å². The van der Waals surface area contributed by atoms with Crippen LogP contribution in [-0.2, 0) is 6.54 Å². The van der Waals surface area contributed by atoms with E-state index in [-0.39, 0.29) is 24.4 Å². The molecule has 0 saturated heterocycles. The Morgan fingerprint density at radius 2 is 1.79 bits per heavy atom. The van der Waals surface area contributed by atoms with E-state index in [0.717, 1.165) is 5.56 Å². The number of phenols is 1. The number of phenolic OH excluding ortho intramolecular Hbond substituents is 1. The van der Waals surface area contributed by atoms with Crippen LogP contribution in [0.5, 0.6) is 5.75 Å². The van der Waals surface area contributed by atoms with E-state index >= 15 is 0 Å². The maximum absolute atomic E-state index is 12.5. The van der Waals surface area contributed by atoms with Gasteiger partial charge in [0, 0.05) is 19.2 Å². The monoisotopic (exact) mass is 328 g/mol. The van der Waals surface area contributed by atoms with Crippen LogP contribution in [0.2, 0.25) is 0 Å². The smallest absolute Gasteiger partial charge is 0.317 e. The summed E-state index contributed by atoms with van der Waals surface area (Å²) in [5.74, 6) is 0.178. The minimum Gasteiger partial charge on any atom is -0.508 e. The molecule has 0 fully saturated rings. The van der Waals surface area contributed by atoms with E-state index in [1.165, 1.54) is 4.90 Å². The first kappa shape index (κ1) is 17.8. The molecule has 2 aromatic carbocycles. The van der Waals surface area contributed by atoms with Gasteiger partial charge in [0.2, 0.25) is 0 Å². The zero-order valence-corrected chi connectivity index (χ0v) is 13.9. The first-order chi connectivity index (χ1) is 11.6. The van der Waals surface area contributed by atoms with E-state index in [0.29, 0.717) is 24.9 Å². The molecule has 2 aromatic rings. The lowest BCUT2D eigenvalue weighted by atomic mass is 10.0. The van der Waals surface area contributed by atoms with Gasteiger partial charge in [0.15, 0.2) is 0 Å². The van der Waals surface area contributed by atoms with Crippen molar-refractivity contribution in [2.45, 2.75) is 25.4 Å². The maximum Gasteiger partial charge on any atom is 0.317 e. The Morgan fingerprint density at radius 3 is 2.46 bits per heavy atom. The van der Waals surface area contributed by atoms with Gasteiger partial charge >= 0.3 is 6.03 Å². The van der Waals surface area contributed by atoms with Crippen LogP contribution in [0.1, 0.15) is 30.0 Å². The van der Waals surface area contributed by atoms with E-state index in [9.17, 15) is 9.90 Å². The molecule has 0 radical (unpaired) electrons. The highest BCUT2D eigenvalue weighted by molar-refractivity contribution is 5.74. The largest absolute Gasteiger partial charge is 0.508 e. The Morgan fingerprint density at radius 1 is 1.12 bits per heavy atom. The zero-order valence-electron chi connectivity index (χ0n) is 13.9. The SMILES string of the molecule is CN(Cc1ccccc1O)C(=O)NC(CCCO)c1ccccc1. The second kappa shape index (κ2) is 8.93. The first-order valence-electron chi connectivity index (χ1n) is 8.06. The van der Waals surface area contributed by atoms with Crippen molar-refractivity contribution >= 4 is 6.03 Å². The average molecular weight is 328 g/mol. The molecule has 0 spiro atoms. The molecule has 0 aromatic heterocycles. The van der Waals surface area contributed by atoms with Gasteiger partial charge < -0.3 is 20.4 Å². The molecule has 5 nitrogen and oxygen atoms in total. The van der Waals surface area contributed by atoms with Crippen LogP contribution in [-0.4, -0.2) is 34.8 Å². The summed E-state index contributed by atoms with van der Waals surface area (Å²) in [6, 6.07) is 16.3. The summed E-state index contributed by atoms with van der Waals surface area (Å²) in [5, 5.41) is 21.9. The third-order valence-electron chi connectivity index (χ3n) is 3.90. The number of aromatic hydroxyl groups is 1. The van der Waals surface area contributed by atoms with Crippen LogP contribution >= 0.6 is 0 Å². The van der Waals surface area contributed by atoms with Crippen molar-refractivity contribution in [3.8, 4) is 5.75 Å². The summed E-state index contributed by atoms with van der Waals surface area (Å²) in [6.45, 7) is 0.410. The fourth-order valence-electron chi connectivity index (χ4n) is 2.53. The number of carbonyl (C=O) groups excluding carboxylic acids is 1. The standard InChI is InChI=1S/C19H24N2O3/c1-21(14-16-10-5-6-12-18(16)23)19(24)20-17(11-7-13-22)15-8-3-2-4-9-15/h2-6,8-10,12,17,22-23H,7,11,13-14H2,1H3,(H,20,24). The van der Waals surface area contributed by atoms with Crippen molar-refractivity contribution in [3.05, 3.63) is 65.7 Å². The molecule has 0 heterocycles. The van der Waals surface area contributed by atoms with Gasteiger partial charge in [-0.3, -0.25) is 0 Å². The highest BCUT2D eigenvalue weighted by Crippen LogP contribution is 2.20. The fraction of sp³-hybridized carbons (Fsp3) is 0.316. The predicted octanol–water partition coefficient (Wildman–Crippen LogP) is 3.05. The van der Waals surface area contributed by atoms with Gasteiger partial charge in [0.05, 0.1) is 12.6 Å². The summed E-state index contributed by atoms with van der Waals surface area (Å²) >= 11 is 0. The molecule has 0 aliphatic carbocycles. The molecule has 0 saturated carbocycles. The zero-order chi connectivity index (χ0) is 17.4. The van der Waals surface area contributed by atoms with Crippen LogP contribution in [0.3, 0.4) is 0 Å². The van der Waals surface area contributed by atoms with Crippen molar-refractivity contribution in [2.24, 2.45) is 0 Å². The van der Waals surface area contributed by atoms with Crippen molar-refractivity contribution < 1.29 is 15.0 Å². The molecule has 1 atom stereocenters. The molecule has 0 bridgehead atoms. The van der Waals surface area contributed by atoms with Crippen LogP contribution in [0.4, 0.5) is 4.79 Å². The average Bonchev–Trinajstić information content (AvgIpc) is 2.61. The molecule has 2 amide bonds. The number of aliphatic hydroxyl groups is 1. The van der Waals surface area contributed by atoms with Crippen molar-refractivity contribution in [1.82, 2.24) is 10.2 Å². The molecular weight excluding hydrogens is 304 g/mol. The minimum atomic E-state index is -0.218. The lowest BCUT2D eigenvalue weighted by Gasteiger charge is -2.24. The molecular formula is C19H24N2O3. The Balaban J connectivity index is 2.02. The predicted molar refractivity (Wildman–Crippen MR) is 93.6 cm³/mol. The normalized spacial score (nSPS) is 11.8. The van der Waals surface area contributed by atoms with Crippen molar-refractivity contribution in [3.63, 3.8) is 0 Å². The topological polar surface area (TPSA) is 72.8 Å². The number of hydrogen-bond acceptors (Lipinski definition) is 3. The number of amides is 2. The number of carbonyl (C=O) groups is 1. The van der Waals surface area contributed by atoms with Gasteiger partial charge in [0.25, 0.3) is 0 Å². The van der Waals surface area contributed by atoms with Gasteiger partial charge in [-0.1, -0.05) is 48.5 Å². The van der Waals surface area contributed by atoms with E-state index in [1.54, 1.807) is 25.2 Å². The Labute approximate surface area is 142 Å². The molecule has 128 valence electrons. The molecule has 24 heavy (non-hydrogen) atoms. The molecule has 5 heteroatoms. The minimum absolute atomic E-state index is 0.0902. The molecule has 3 N–H and O–H groups in total. The van der Waals surface area contributed by atoms with Crippen LogP contribution < -0.4 is 5.32 Å². The van der Waals surface area contributed by atoms with E-state index < -0.39 is 0 Å². The number of hydrogen-bond donors (Lipinski definition) is 3. The number of nitrogens with zero attached hydrogens (tertiary/aromatic N) is 1. The highest BCUT2D eigenvalue weighted by Gasteiger charge is 2.17. The summed E-state index contributed by atoms with van der Waals surface area (Å²) in [6.07, 6.45) is 1.28. The van der Waals surface area contributed by atoms with E-state index in [2.05, 4.69) is 5.32 Å². The van der Waals surface area contributed by atoms with E-state index in [1.807, 2.05) is 36.4 Å². The second-order valence-electron chi connectivity index (χ2n) is 5.76. The number of benzene rings is 2. The van der Waals surface area contributed by atoms with Crippen molar-refractivity contribution in [2.75, 3.05) is 13.7 Å². The number of aliphatic hydroxyl groups excluding tert-OH is 1. The molecule has 2 rings (SSSR count). The van der Waals surface area contributed by atoms with E-state index in [4.69, 9.17) is 5.11 Å². The third-order valence-corrected chi connectivity index (χ3v) is 3.90. The van der Waals surface area contributed by atoms with Gasteiger partial charge in [-0.15, -0.1) is 0 Å². The number of nitrogens with one attached hydrogen (secondary N) is 1. The van der Waals surface area contributed by atoms with Gasteiger partial charge in [-0.05, 0) is 24.5 Å². The second-order valence-corrected chi connectivity index (χ2v) is 5.76. The van der Waals surface area contributed by atoms with Crippen LogP contribution in [0, 0.1) is 0 Å². The highest BCUT2D eigenvalue weighted by atomic mass is 16.3. The number of para-hydroxylation sites is 1. The number of urea groups is 1. The van der Waals surface area contributed by atoms with Crippen molar-refractivity contribution in [1.29, 1.82) is 0 Å². The maximum atomic E-state index is 12.5. The molecule has 1 unspecified atom stereocenters. The lowest BCUT2D eigenvalue weighted by Crippen LogP contribution is -2.39.